The SMILES string of the molecule is CC1=CCCC(C)(C)[C@H]1/C=C/C(C)=C/CC/C(C)=C/C=C/C=C(\C)CC/C=C(C)/C=C/[C@H]1C(C)CCCC1(C)C. The van der Waals surface area contributed by atoms with Crippen LogP contribution >= 0.6 is 0 Å². The van der Waals surface area contributed by atoms with E-state index in [0.717, 1.165) is 31.6 Å². The molecule has 0 saturated heterocycles. The molecule has 1 unspecified atom stereocenters. The highest BCUT2D eigenvalue weighted by atomic mass is 14.4. The highest BCUT2D eigenvalue weighted by molar-refractivity contribution is 5.25. The minimum atomic E-state index is 0.367. The van der Waals surface area contributed by atoms with Gasteiger partial charge in [-0.2, -0.15) is 0 Å². The van der Waals surface area contributed by atoms with Crippen LogP contribution in [0.1, 0.15) is 127 Å². The Kier molecular flexibility index (Phi) is 14.0. The summed E-state index contributed by atoms with van der Waals surface area (Å²) in [6.07, 6.45) is 36.9. The Balaban J connectivity index is 1.75. The molecule has 0 aromatic heterocycles. The molecule has 3 atom stereocenters. The molecule has 2 aliphatic carbocycles. The maximum absolute atomic E-state index is 2.50. The van der Waals surface area contributed by atoms with Crippen molar-refractivity contribution in [3.8, 4) is 0 Å². The van der Waals surface area contributed by atoms with Crippen LogP contribution < -0.4 is 0 Å². The van der Waals surface area contributed by atoms with E-state index in [-0.39, 0.29) is 0 Å². The normalized spacial score (nSPS) is 26.8. The molecule has 0 aromatic rings. The topological polar surface area (TPSA) is 0 Å². The van der Waals surface area contributed by atoms with Gasteiger partial charge in [0.25, 0.3) is 0 Å². The van der Waals surface area contributed by atoms with Gasteiger partial charge in [-0.3, -0.25) is 0 Å². The predicted molar refractivity (Wildman–Crippen MR) is 181 cm³/mol. The van der Waals surface area contributed by atoms with Gasteiger partial charge in [0.05, 0.1) is 0 Å². The Hall–Kier alpha value is -2.08. The van der Waals surface area contributed by atoms with Crippen LogP contribution in [-0.2, 0) is 0 Å². The molecule has 2 aliphatic rings. The van der Waals surface area contributed by atoms with Crippen LogP contribution in [0.25, 0.3) is 0 Å². The molecule has 0 aromatic carbocycles. The van der Waals surface area contributed by atoms with E-state index < -0.39 is 0 Å². The lowest BCUT2D eigenvalue weighted by Crippen LogP contribution is -2.32. The third-order valence-corrected chi connectivity index (χ3v) is 9.58. The van der Waals surface area contributed by atoms with Crippen LogP contribution in [0.4, 0.5) is 0 Å². The number of rotatable bonds is 12. The summed E-state index contributed by atoms with van der Waals surface area (Å²) in [7, 11) is 0. The molecule has 0 spiro atoms. The monoisotopic (exact) mass is 542 g/mol. The first-order valence-corrected chi connectivity index (χ1v) is 16.2. The molecule has 40 heavy (non-hydrogen) atoms. The standard InChI is InChI=1S/C40H62/c1-31(19-13-21-33(3)25-27-37-35(5)23-15-29-39(37,7)8)17-11-12-18-32(2)20-14-22-34(4)26-28-38-36(6)24-16-30-40(38,9)10/h11-12,17-18,21-23,25-28,36-38H,13-16,19-20,24,29-30H2,1-10H3/b12-11+,27-25+,28-26+,31-17+,32-18+,33-21+,34-22+/t36?,37-,38-/m0/s1. The molecule has 0 heteroatoms. The average Bonchev–Trinajstić information content (AvgIpc) is 2.85. The second-order valence-electron chi connectivity index (χ2n) is 14.4. The third-order valence-electron chi connectivity index (χ3n) is 9.58. The van der Waals surface area contributed by atoms with Crippen molar-refractivity contribution in [2.75, 3.05) is 0 Å². The van der Waals surface area contributed by atoms with Crippen molar-refractivity contribution in [1.82, 2.24) is 0 Å². The first-order valence-electron chi connectivity index (χ1n) is 16.2. The fourth-order valence-electron chi connectivity index (χ4n) is 6.73. The summed E-state index contributed by atoms with van der Waals surface area (Å²) in [4.78, 5) is 0. The smallest absolute Gasteiger partial charge is 0.00285 e. The highest BCUT2D eigenvalue weighted by Crippen LogP contribution is 2.45. The molecule has 0 N–H and O–H groups in total. The Bertz CT molecular complexity index is 1040. The van der Waals surface area contributed by atoms with Crippen LogP contribution in [0.5, 0.6) is 0 Å². The molecule has 0 nitrogen and oxygen atoms in total. The number of hydrogen-bond donors (Lipinski definition) is 0. The van der Waals surface area contributed by atoms with E-state index in [4.69, 9.17) is 0 Å². The van der Waals surface area contributed by atoms with Gasteiger partial charge in [-0.05, 0) is 102 Å². The van der Waals surface area contributed by atoms with Gasteiger partial charge in [0.1, 0.15) is 0 Å². The van der Waals surface area contributed by atoms with Crippen LogP contribution in [0.2, 0.25) is 0 Å². The summed E-state index contributed by atoms with van der Waals surface area (Å²) in [5.74, 6) is 2.06. The minimum absolute atomic E-state index is 0.367. The third kappa shape index (κ3) is 11.8. The van der Waals surface area contributed by atoms with E-state index in [0.29, 0.717) is 22.7 Å². The van der Waals surface area contributed by atoms with Gasteiger partial charge in [-0.25, -0.2) is 0 Å². The second kappa shape index (κ2) is 16.4. The summed E-state index contributed by atoms with van der Waals surface area (Å²) in [6.45, 7) is 23.4. The quantitative estimate of drug-likeness (QED) is 0.170. The molecule has 222 valence electrons. The summed E-state index contributed by atoms with van der Waals surface area (Å²) >= 11 is 0. The van der Waals surface area contributed by atoms with Crippen LogP contribution in [0, 0.1) is 28.6 Å². The Labute approximate surface area is 249 Å². The predicted octanol–water partition coefficient (Wildman–Crippen LogP) is 12.8. The lowest BCUT2D eigenvalue weighted by molar-refractivity contribution is 0.123. The van der Waals surface area contributed by atoms with E-state index in [1.165, 1.54) is 60.0 Å². The van der Waals surface area contributed by atoms with E-state index in [1.807, 2.05) is 0 Å². The fourth-order valence-corrected chi connectivity index (χ4v) is 6.73. The van der Waals surface area contributed by atoms with Gasteiger partial charge >= 0.3 is 0 Å². The second-order valence-corrected chi connectivity index (χ2v) is 14.4. The Morgan fingerprint density at radius 2 is 1.35 bits per heavy atom. The molecule has 0 amide bonds. The lowest BCUT2D eigenvalue weighted by atomic mass is 9.64. The van der Waals surface area contributed by atoms with Gasteiger partial charge in [0, 0.05) is 5.92 Å². The van der Waals surface area contributed by atoms with Gasteiger partial charge in [0.2, 0.25) is 0 Å². The van der Waals surface area contributed by atoms with Crippen molar-refractivity contribution >= 4 is 0 Å². The van der Waals surface area contributed by atoms with Crippen molar-refractivity contribution < 1.29 is 0 Å². The molecule has 2 rings (SSSR count). The van der Waals surface area contributed by atoms with Crippen molar-refractivity contribution in [3.05, 3.63) is 94.7 Å². The van der Waals surface area contributed by atoms with Gasteiger partial charge < -0.3 is 0 Å². The zero-order chi connectivity index (χ0) is 29.8. The maximum Gasteiger partial charge on any atom is 0.00285 e. The van der Waals surface area contributed by atoms with Crippen molar-refractivity contribution in [2.24, 2.45) is 28.6 Å². The summed E-state index contributed by atoms with van der Waals surface area (Å²) < 4.78 is 0. The summed E-state index contributed by atoms with van der Waals surface area (Å²) in [5, 5.41) is 0. The van der Waals surface area contributed by atoms with E-state index in [1.54, 1.807) is 0 Å². The first kappa shape index (κ1) is 34.1. The lowest BCUT2D eigenvalue weighted by Gasteiger charge is -2.41. The molecule has 1 fully saturated rings. The first-order chi connectivity index (χ1) is 18.8. The minimum Gasteiger partial charge on any atom is -0.0850 e. The zero-order valence-corrected chi connectivity index (χ0v) is 27.9. The van der Waals surface area contributed by atoms with Crippen molar-refractivity contribution in [2.45, 2.75) is 127 Å². The number of allylic oxidation sites excluding steroid dienone is 16. The fraction of sp³-hybridized carbons (Fsp3) is 0.600. The summed E-state index contributed by atoms with van der Waals surface area (Å²) in [6, 6.07) is 0. The van der Waals surface area contributed by atoms with E-state index in [2.05, 4.69) is 136 Å². The summed E-state index contributed by atoms with van der Waals surface area (Å²) in [5.41, 5.74) is 7.98. The molecule has 1 saturated carbocycles. The average molecular weight is 543 g/mol. The van der Waals surface area contributed by atoms with Crippen molar-refractivity contribution in [1.29, 1.82) is 0 Å². The molecule has 0 aliphatic heterocycles. The van der Waals surface area contributed by atoms with E-state index >= 15 is 0 Å². The largest absolute Gasteiger partial charge is 0.0850 e. The molecule has 0 bridgehead atoms. The van der Waals surface area contributed by atoms with Crippen molar-refractivity contribution in [3.63, 3.8) is 0 Å². The Morgan fingerprint density at radius 3 is 1.88 bits per heavy atom. The van der Waals surface area contributed by atoms with Gasteiger partial charge in [-0.1, -0.05) is 142 Å². The van der Waals surface area contributed by atoms with Gasteiger partial charge in [-0.15, -0.1) is 0 Å². The Morgan fingerprint density at radius 1 is 0.800 bits per heavy atom. The highest BCUT2D eigenvalue weighted by Gasteiger charge is 2.34. The van der Waals surface area contributed by atoms with Gasteiger partial charge in [0.15, 0.2) is 0 Å². The molecular weight excluding hydrogens is 480 g/mol. The molecule has 0 radical (unpaired) electrons. The molecular formula is C40H62. The zero-order valence-electron chi connectivity index (χ0n) is 27.9. The number of hydrogen-bond acceptors (Lipinski definition) is 0. The van der Waals surface area contributed by atoms with Crippen LogP contribution in [-0.4, -0.2) is 0 Å². The van der Waals surface area contributed by atoms with Crippen LogP contribution in [0.3, 0.4) is 0 Å². The van der Waals surface area contributed by atoms with E-state index in [9.17, 15) is 0 Å². The van der Waals surface area contributed by atoms with Crippen LogP contribution in [0.15, 0.2) is 94.7 Å². The molecule has 0 heterocycles. The maximum atomic E-state index is 2.50.